The minimum atomic E-state index is -3.98. The molecule has 35 heavy (non-hydrogen) atoms. The molecule has 0 aliphatic carbocycles. The number of rotatable bonds is 11. The Morgan fingerprint density at radius 2 is 1.54 bits per heavy atom. The van der Waals surface area contributed by atoms with Crippen LogP contribution >= 0.6 is 0 Å². The van der Waals surface area contributed by atoms with Crippen LogP contribution in [0.3, 0.4) is 0 Å². The number of unbranched alkanes of at least 4 members (excludes halogenated alkanes) is 1. The predicted molar refractivity (Wildman–Crippen MR) is 137 cm³/mol. The Kier molecular flexibility index (Phi) is 9.03. The second-order valence-electron chi connectivity index (χ2n) is 7.96. The third-order valence-electron chi connectivity index (χ3n) is 5.39. The number of hydrogen-bond donors (Lipinski definition) is 1. The number of nitrogens with zero attached hydrogens (tertiary/aromatic N) is 1. The molecule has 7 nitrogen and oxygen atoms in total. The first-order valence-corrected chi connectivity index (χ1v) is 13.0. The Balaban J connectivity index is 1.77. The smallest absolute Gasteiger partial charge is 0.338 e. The van der Waals surface area contributed by atoms with Crippen molar-refractivity contribution in [3.8, 4) is 0 Å². The molecule has 3 aromatic carbocycles. The van der Waals surface area contributed by atoms with Gasteiger partial charge in [0, 0.05) is 5.69 Å². The summed E-state index contributed by atoms with van der Waals surface area (Å²) in [5.74, 6) is -0.936. The molecule has 3 aromatic rings. The molecule has 3 rings (SSSR count). The Morgan fingerprint density at radius 1 is 0.886 bits per heavy atom. The molecule has 0 heterocycles. The van der Waals surface area contributed by atoms with Gasteiger partial charge in [-0.1, -0.05) is 50.6 Å². The van der Waals surface area contributed by atoms with E-state index in [1.165, 1.54) is 12.1 Å². The molecule has 1 N–H and O–H groups in total. The fraction of sp³-hybridized carbons (Fsp3) is 0.259. The maximum atomic E-state index is 13.4. The molecule has 0 radical (unpaired) electrons. The summed E-state index contributed by atoms with van der Waals surface area (Å²) in [5.41, 5.74) is 2.27. The van der Waals surface area contributed by atoms with Crippen molar-refractivity contribution in [1.82, 2.24) is 0 Å². The summed E-state index contributed by atoms with van der Waals surface area (Å²) in [7, 11) is -3.98. The average Bonchev–Trinajstić information content (AvgIpc) is 2.88. The number of sulfonamides is 1. The van der Waals surface area contributed by atoms with Gasteiger partial charge in [0.15, 0.2) is 0 Å². The van der Waals surface area contributed by atoms with Gasteiger partial charge in [-0.3, -0.25) is 9.10 Å². The largest absolute Gasteiger partial charge is 0.462 e. The highest BCUT2D eigenvalue weighted by Crippen LogP contribution is 2.24. The van der Waals surface area contributed by atoms with Gasteiger partial charge < -0.3 is 10.1 Å². The van der Waals surface area contributed by atoms with E-state index in [2.05, 4.69) is 5.32 Å². The van der Waals surface area contributed by atoms with Crippen molar-refractivity contribution in [3.05, 3.63) is 90.0 Å². The highest BCUT2D eigenvalue weighted by Gasteiger charge is 2.27. The van der Waals surface area contributed by atoms with Crippen molar-refractivity contribution in [2.24, 2.45) is 0 Å². The SMILES string of the molecule is CCCCOC(=O)c1ccc(NC(=O)CN(c2ccc(CC)cc2)S(=O)(=O)c2ccccc2)cc1. The lowest BCUT2D eigenvalue weighted by molar-refractivity contribution is -0.114. The standard InChI is InChI=1S/C27H30N2O5S/c1-3-5-19-34-27(31)22-13-15-23(16-14-22)28-26(30)20-29(24-17-11-21(4-2)12-18-24)35(32,33)25-9-7-6-8-10-25/h6-18H,3-5,19-20H2,1-2H3,(H,28,30). The highest BCUT2D eigenvalue weighted by molar-refractivity contribution is 7.92. The van der Waals surface area contributed by atoms with E-state index in [0.717, 1.165) is 29.1 Å². The zero-order valence-electron chi connectivity index (χ0n) is 19.9. The highest BCUT2D eigenvalue weighted by atomic mass is 32.2. The van der Waals surface area contributed by atoms with Crippen molar-refractivity contribution in [2.75, 3.05) is 22.8 Å². The molecule has 1 amide bonds. The van der Waals surface area contributed by atoms with Crippen LogP contribution < -0.4 is 9.62 Å². The number of carbonyl (C=O) groups is 2. The van der Waals surface area contributed by atoms with Crippen molar-refractivity contribution in [1.29, 1.82) is 0 Å². The van der Waals surface area contributed by atoms with E-state index >= 15 is 0 Å². The van der Waals surface area contributed by atoms with Crippen molar-refractivity contribution >= 4 is 33.3 Å². The van der Waals surface area contributed by atoms with Gasteiger partial charge in [0.25, 0.3) is 10.0 Å². The average molecular weight is 495 g/mol. The number of carbonyl (C=O) groups excluding carboxylic acids is 2. The fourth-order valence-corrected chi connectivity index (χ4v) is 4.79. The van der Waals surface area contributed by atoms with E-state index in [4.69, 9.17) is 4.74 Å². The van der Waals surface area contributed by atoms with Gasteiger partial charge in [-0.25, -0.2) is 13.2 Å². The molecule has 0 saturated carbocycles. The number of ether oxygens (including phenoxy) is 1. The van der Waals surface area contributed by atoms with Crippen LogP contribution in [0, 0.1) is 0 Å². The van der Waals surface area contributed by atoms with Crippen LogP contribution in [0.1, 0.15) is 42.6 Å². The summed E-state index contributed by atoms with van der Waals surface area (Å²) in [6.45, 7) is 3.97. The number of esters is 1. The summed E-state index contributed by atoms with van der Waals surface area (Å²) in [6.07, 6.45) is 2.54. The van der Waals surface area contributed by atoms with E-state index in [9.17, 15) is 18.0 Å². The Hall–Kier alpha value is -3.65. The van der Waals surface area contributed by atoms with Gasteiger partial charge >= 0.3 is 5.97 Å². The fourth-order valence-electron chi connectivity index (χ4n) is 3.35. The summed E-state index contributed by atoms with van der Waals surface area (Å²) >= 11 is 0. The second-order valence-corrected chi connectivity index (χ2v) is 9.82. The van der Waals surface area contributed by atoms with E-state index in [1.807, 2.05) is 26.0 Å². The summed E-state index contributed by atoms with van der Waals surface area (Å²) in [5, 5.41) is 2.71. The summed E-state index contributed by atoms with van der Waals surface area (Å²) < 4.78 is 33.1. The molecule has 0 unspecified atom stereocenters. The van der Waals surface area contributed by atoms with Crippen LogP contribution in [-0.2, 0) is 26.0 Å². The van der Waals surface area contributed by atoms with Crippen LogP contribution in [0.25, 0.3) is 0 Å². The van der Waals surface area contributed by atoms with Crippen LogP contribution in [-0.4, -0.2) is 33.4 Å². The maximum Gasteiger partial charge on any atom is 0.338 e. The molecule has 0 aliphatic rings. The van der Waals surface area contributed by atoms with Crippen molar-refractivity contribution in [3.63, 3.8) is 0 Å². The van der Waals surface area contributed by atoms with Gasteiger partial charge in [0.05, 0.1) is 22.8 Å². The van der Waals surface area contributed by atoms with Gasteiger partial charge in [0.1, 0.15) is 6.54 Å². The van der Waals surface area contributed by atoms with E-state index in [-0.39, 0.29) is 4.90 Å². The van der Waals surface area contributed by atoms with Gasteiger partial charge in [0.2, 0.25) is 5.91 Å². The molecule has 8 heteroatoms. The molecule has 0 fully saturated rings. The molecule has 184 valence electrons. The number of aryl methyl sites for hydroxylation is 1. The van der Waals surface area contributed by atoms with E-state index < -0.39 is 28.4 Å². The molecule has 0 aromatic heterocycles. The third kappa shape index (κ3) is 6.93. The van der Waals surface area contributed by atoms with Gasteiger partial charge in [-0.15, -0.1) is 0 Å². The van der Waals surface area contributed by atoms with Crippen molar-refractivity contribution < 1.29 is 22.7 Å². The molecule has 0 atom stereocenters. The molecule has 0 spiro atoms. The quantitative estimate of drug-likeness (QED) is 0.298. The van der Waals surface area contributed by atoms with Crippen molar-refractivity contribution in [2.45, 2.75) is 38.0 Å². The third-order valence-corrected chi connectivity index (χ3v) is 7.17. The Morgan fingerprint density at radius 3 is 2.14 bits per heavy atom. The molecule has 0 aliphatic heterocycles. The topological polar surface area (TPSA) is 92.8 Å². The summed E-state index contributed by atoms with van der Waals surface area (Å²) in [6, 6.07) is 21.4. The van der Waals surface area contributed by atoms with E-state index in [1.54, 1.807) is 54.6 Å². The number of benzene rings is 3. The Labute approximate surface area is 206 Å². The van der Waals surface area contributed by atoms with E-state index in [0.29, 0.717) is 23.5 Å². The minimum absolute atomic E-state index is 0.0957. The van der Waals surface area contributed by atoms with Crippen LogP contribution in [0.15, 0.2) is 83.8 Å². The first kappa shape index (κ1) is 26.0. The molecule has 0 saturated heterocycles. The normalized spacial score (nSPS) is 11.0. The number of anilines is 2. The van der Waals surface area contributed by atoms with Gasteiger partial charge in [-0.2, -0.15) is 0 Å². The lowest BCUT2D eigenvalue weighted by Gasteiger charge is -2.24. The number of hydrogen-bond acceptors (Lipinski definition) is 5. The minimum Gasteiger partial charge on any atom is -0.462 e. The lowest BCUT2D eigenvalue weighted by Crippen LogP contribution is -2.38. The number of nitrogens with one attached hydrogen (secondary N) is 1. The lowest BCUT2D eigenvalue weighted by atomic mass is 10.1. The maximum absolute atomic E-state index is 13.4. The molecule has 0 bridgehead atoms. The van der Waals surface area contributed by atoms with Crippen LogP contribution in [0.2, 0.25) is 0 Å². The van der Waals surface area contributed by atoms with Crippen LogP contribution in [0.5, 0.6) is 0 Å². The summed E-state index contributed by atoms with van der Waals surface area (Å²) in [4.78, 5) is 25.0. The monoisotopic (exact) mass is 494 g/mol. The second kappa shape index (κ2) is 12.2. The zero-order chi connectivity index (χ0) is 25.3. The van der Waals surface area contributed by atoms with Gasteiger partial charge in [-0.05, 0) is 66.9 Å². The molecular weight excluding hydrogens is 464 g/mol. The first-order valence-electron chi connectivity index (χ1n) is 11.6. The Bertz CT molecular complexity index is 1220. The first-order chi connectivity index (χ1) is 16.8. The molecular formula is C27H30N2O5S. The number of amides is 1. The predicted octanol–water partition coefficient (Wildman–Crippen LogP) is 5.04. The zero-order valence-corrected chi connectivity index (χ0v) is 20.8. The van der Waals surface area contributed by atoms with Crippen LogP contribution in [0.4, 0.5) is 11.4 Å².